The van der Waals surface area contributed by atoms with Crippen LogP contribution in [0.15, 0.2) is 6.07 Å². The van der Waals surface area contributed by atoms with Crippen LogP contribution < -0.4 is 10.6 Å². The fraction of sp³-hybridized carbons (Fsp3) is 0.462. The Morgan fingerprint density at radius 3 is 2.06 bits per heavy atom. The summed E-state index contributed by atoms with van der Waals surface area (Å²) in [4.78, 5) is 11.2. The summed E-state index contributed by atoms with van der Waals surface area (Å²) in [6.45, 7) is 8.99. The van der Waals surface area contributed by atoms with Crippen molar-refractivity contribution < 1.29 is 4.79 Å². The Balaban J connectivity index is 2.99. The molecule has 0 saturated carbocycles. The van der Waals surface area contributed by atoms with Gasteiger partial charge in [0.15, 0.2) is 0 Å². The van der Waals surface area contributed by atoms with Crippen LogP contribution in [-0.2, 0) is 6.54 Å². The lowest BCUT2D eigenvalue weighted by Gasteiger charge is -2.15. The summed E-state index contributed by atoms with van der Waals surface area (Å²) in [6, 6.07) is 2.05. The number of urea groups is 1. The van der Waals surface area contributed by atoms with Gasteiger partial charge in [-0.05, 0) is 55.5 Å². The quantitative estimate of drug-likeness (QED) is 0.789. The third-order valence-electron chi connectivity index (χ3n) is 3.17. The molecule has 0 aliphatic heterocycles. The highest BCUT2D eigenvalue weighted by atomic mass is 16.2. The van der Waals surface area contributed by atoms with Crippen LogP contribution in [0.5, 0.6) is 0 Å². The van der Waals surface area contributed by atoms with E-state index in [1.165, 1.54) is 27.8 Å². The summed E-state index contributed by atoms with van der Waals surface area (Å²) < 4.78 is 0. The van der Waals surface area contributed by atoms with E-state index in [0.29, 0.717) is 6.54 Å². The Bertz CT molecular complexity index is 385. The second-order valence-electron chi connectivity index (χ2n) is 4.17. The topological polar surface area (TPSA) is 41.1 Å². The molecule has 0 atom stereocenters. The molecule has 0 aromatic heterocycles. The number of benzene rings is 1. The van der Waals surface area contributed by atoms with Crippen molar-refractivity contribution >= 4 is 6.03 Å². The minimum Gasteiger partial charge on any atom is -0.341 e. The van der Waals surface area contributed by atoms with Crippen LogP contribution in [0.4, 0.5) is 4.79 Å². The number of carbonyl (C=O) groups excluding carboxylic acids is 1. The highest BCUT2D eigenvalue weighted by Gasteiger charge is 2.08. The molecule has 1 aromatic rings. The normalized spacial score (nSPS) is 10.1. The van der Waals surface area contributed by atoms with E-state index in [4.69, 9.17) is 0 Å². The molecule has 88 valence electrons. The molecular formula is C13H20N2O. The van der Waals surface area contributed by atoms with Crippen molar-refractivity contribution in [2.75, 3.05) is 7.05 Å². The van der Waals surface area contributed by atoms with E-state index in [9.17, 15) is 4.79 Å². The standard InChI is InChI=1S/C13H20N2O/c1-8-6-9(2)11(4)12(10(8)3)7-15-13(16)14-5/h6H,7H2,1-5H3,(H2,14,15,16). The van der Waals surface area contributed by atoms with Gasteiger partial charge in [-0.3, -0.25) is 0 Å². The molecule has 3 nitrogen and oxygen atoms in total. The van der Waals surface area contributed by atoms with Crippen molar-refractivity contribution in [3.05, 3.63) is 33.9 Å². The van der Waals surface area contributed by atoms with Gasteiger partial charge in [0.05, 0.1) is 0 Å². The van der Waals surface area contributed by atoms with E-state index < -0.39 is 0 Å². The molecule has 0 bridgehead atoms. The third-order valence-corrected chi connectivity index (χ3v) is 3.17. The molecule has 3 heteroatoms. The molecule has 2 N–H and O–H groups in total. The van der Waals surface area contributed by atoms with E-state index in [0.717, 1.165) is 0 Å². The van der Waals surface area contributed by atoms with Crippen molar-refractivity contribution in [1.82, 2.24) is 10.6 Å². The molecule has 16 heavy (non-hydrogen) atoms. The maximum absolute atomic E-state index is 11.2. The molecule has 0 spiro atoms. The fourth-order valence-electron chi connectivity index (χ4n) is 1.82. The van der Waals surface area contributed by atoms with Gasteiger partial charge >= 0.3 is 6.03 Å². The van der Waals surface area contributed by atoms with Gasteiger partial charge < -0.3 is 10.6 Å². The van der Waals surface area contributed by atoms with E-state index >= 15 is 0 Å². The Kier molecular flexibility index (Phi) is 3.93. The summed E-state index contributed by atoms with van der Waals surface area (Å²) in [7, 11) is 1.62. The largest absolute Gasteiger partial charge is 0.341 e. The third kappa shape index (κ3) is 2.54. The first kappa shape index (κ1) is 12.6. The zero-order chi connectivity index (χ0) is 12.3. The lowest BCUT2D eigenvalue weighted by molar-refractivity contribution is 0.242. The van der Waals surface area contributed by atoms with Gasteiger partial charge in [0.2, 0.25) is 0 Å². The molecule has 0 heterocycles. The number of amides is 2. The zero-order valence-electron chi connectivity index (χ0n) is 10.7. The first-order valence-electron chi connectivity index (χ1n) is 5.49. The Labute approximate surface area is 97.2 Å². The molecule has 1 aromatic carbocycles. The van der Waals surface area contributed by atoms with Crippen molar-refractivity contribution in [3.8, 4) is 0 Å². The number of rotatable bonds is 2. The molecule has 0 fully saturated rings. The molecule has 0 unspecified atom stereocenters. The summed E-state index contributed by atoms with van der Waals surface area (Å²) in [5.41, 5.74) is 6.30. The summed E-state index contributed by atoms with van der Waals surface area (Å²) in [5, 5.41) is 5.39. The van der Waals surface area contributed by atoms with E-state index in [1.54, 1.807) is 7.05 Å². The number of aryl methyl sites for hydroxylation is 2. The van der Waals surface area contributed by atoms with E-state index in [-0.39, 0.29) is 6.03 Å². The second kappa shape index (κ2) is 5.01. The maximum atomic E-state index is 11.2. The van der Waals surface area contributed by atoms with Crippen molar-refractivity contribution in [2.24, 2.45) is 0 Å². The monoisotopic (exact) mass is 220 g/mol. The van der Waals surface area contributed by atoms with Crippen LogP contribution in [0.3, 0.4) is 0 Å². The molecule has 2 amide bonds. The zero-order valence-corrected chi connectivity index (χ0v) is 10.7. The predicted molar refractivity (Wildman–Crippen MR) is 66.7 cm³/mol. The number of hydrogen-bond donors (Lipinski definition) is 2. The number of carbonyl (C=O) groups is 1. The maximum Gasteiger partial charge on any atom is 0.314 e. The van der Waals surface area contributed by atoms with Gasteiger partial charge in [0.25, 0.3) is 0 Å². The van der Waals surface area contributed by atoms with Gasteiger partial charge in [-0.1, -0.05) is 6.07 Å². The highest BCUT2D eigenvalue weighted by molar-refractivity contribution is 5.73. The summed E-state index contributed by atoms with van der Waals surface area (Å²) >= 11 is 0. The fourth-order valence-corrected chi connectivity index (χ4v) is 1.82. The Hall–Kier alpha value is -1.51. The van der Waals surface area contributed by atoms with Gasteiger partial charge in [-0.2, -0.15) is 0 Å². The highest BCUT2D eigenvalue weighted by Crippen LogP contribution is 2.21. The molecule has 0 radical (unpaired) electrons. The summed E-state index contributed by atoms with van der Waals surface area (Å²) in [5.74, 6) is 0. The molecular weight excluding hydrogens is 200 g/mol. The van der Waals surface area contributed by atoms with Crippen LogP contribution in [-0.4, -0.2) is 13.1 Å². The van der Waals surface area contributed by atoms with Crippen LogP contribution in [0.25, 0.3) is 0 Å². The van der Waals surface area contributed by atoms with Crippen LogP contribution in [0.2, 0.25) is 0 Å². The van der Waals surface area contributed by atoms with Gasteiger partial charge in [0, 0.05) is 13.6 Å². The van der Waals surface area contributed by atoms with E-state index in [2.05, 4.69) is 44.4 Å². The first-order chi connectivity index (χ1) is 7.47. The van der Waals surface area contributed by atoms with Crippen LogP contribution >= 0.6 is 0 Å². The average molecular weight is 220 g/mol. The van der Waals surface area contributed by atoms with Crippen molar-refractivity contribution in [1.29, 1.82) is 0 Å². The summed E-state index contributed by atoms with van der Waals surface area (Å²) in [6.07, 6.45) is 0. The van der Waals surface area contributed by atoms with Crippen molar-refractivity contribution in [2.45, 2.75) is 34.2 Å². The molecule has 0 aliphatic rings. The predicted octanol–water partition coefficient (Wildman–Crippen LogP) is 2.35. The average Bonchev–Trinajstić information content (AvgIpc) is 2.26. The van der Waals surface area contributed by atoms with Gasteiger partial charge in [-0.15, -0.1) is 0 Å². The molecule has 0 aliphatic carbocycles. The Morgan fingerprint density at radius 2 is 1.62 bits per heavy atom. The Morgan fingerprint density at radius 1 is 1.12 bits per heavy atom. The minimum atomic E-state index is -0.141. The molecule has 0 saturated heterocycles. The molecule has 1 rings (SSSR count). The van der Waals surface area contributed by atoms with Gasteiger partial charge in [-0.25, -0.2) is 4.79 Å². The number of hydrogen-bond acceptors (Lipinski definition) is 1. The number of nitrogens with one attached hydrogen (secondary N) is 2. The van der Waals surface area contributed by atoms with E-state index in [1.807, 2.05) is 0 Å². The second-order valence-corrected chi connectivity index (χ2v) is 4.17. The lowest BCUT2D eigenvalue weighted by Crippen LogP contribution is -2.32. The lowest BCUT2D eigenvalue weighted by atomic mass is 9.94. The SMILES string of the molecule is CNC(=O)NCc1c(C)c(C)cc(C)c1C. The minimum absolute atomic E-state index is 0.141. The van der Waals surface area contributed by atoms with Crippen LogP contribution in [0, 0.1) is 27.7 Å². The van der Waals surface area contributed by atoms with Crippen LogP contribution in [0.1, 0.15) is 27.8 Å². The van der Waals surface area contributed by atoms with Gasteiger partial charge in [0.1, 0.15) is 0 Å². The first-order valence-corrected chi connectivity index (χ1v) is 5.49. The smallest absolute Gasteiger partial charge is 0.314 e. The van der Waals surface area contributed by atoms with Crippen molar-refractivity contribution in [3.63, 3.8) is 0 Å².